The molecule has 1 aromatic carbocycles. The van der Waals surface area contributed by atoms with Gasteiger partial charge < -0.3 is 9.26 Å². The summed E-state index contributed by atoms with van der Waals surface area (Å²) in [4.78, 5) is 18.7. The summed E-state index contributed by atoms with van der Waals surface area (Å²) in [6.45, 7) is 8.78. The molecule has 1 aliphatic heterocycles. The number of aromatic nitrogens is 2. The number of rotatable bonds is 6. The smallest absolute Gasteiger partial charge is 0.310 e. The first kappa shape index (κ1) is 18.6. The van der Waals surface area contributed by atoms with Crippen molar-refractivity contribution in [1.82, 2.24) is 15.0 Å². The SMILES string of the molecule is CCOC(=O)C1CCCN(Cc2nc(-c3ccc(C(C)C)cc3)no2)C1. The molecule has 0 amide bonds. The van der Waals surface area contributed by atoms with Gasteiger partial charge in [-0.2, -0.15) is 4.98 Å². The van der Waals surface area contributed by atoms with Crippen LogP contribution in [0.4, 0.5) is 0 Å². The van der Waals surface area contributed by atoms with E-state index in [1.165, 1.54) is 5.56 Å². The quantitative estimate of drug-likeness (QED) is 0.735. The third kappa shape index (κ3) is 4.49. The second-order valence-electron chi connectivity index (χ2n) is 7.11. The fraction of sp³-hybridized carbons (Fsp3) is 0.550. The Hall–Kier alpha value is -2.21. The van der Waals surface area contributed by atoms with Crippen molar-refractivity contribution < 1.29 is 14.1 Å². The number of hydrogen-bond donors (Lipinski definition) is 0. The van der Waals surface area contributed by atoms with E-state index in [1.54, 1.807) is 0 Å². The molecule has 2 aromatic rings. The van der Waals surface area contributed by atoms with Crippen molar-refractivity contribution in [1.29, 1.82) is 0 Å². The van der Waals surface area contributed by atoms with Crippen LogP contribution in [0.15, 0.2) is 28.8 Å². The number of hydrogen-bond acceptors (Lipinski definition) is 6. The Morgan fingerprint density at radius 3 is 2.81 bits per heavy atom. The van der Waals surface area contributed by atoms with E-state index in [1.807, 2.05) is 19.1 Å². The van der Waals surface area contributed by atoms with E-state index < -0.39 is 0 Å². The molecule has 0 N–H and O–H groups in total. The van der Waals surface area contributed by atoms with Crippen LogP contribution < -0.4 is 0 Å². The van der Waals surface area contributed by atoms with Gasteiger partial charge in [0.2, 0.25) is 11.7 Å². The van der Waals surface area contributed by atoms with E-state index in [0.717, 1.165) is 24.9 Å². The molecule has 0 aliphatic carbocycles. The zero-order valence-electron chi connectivity index (χ0n) is 15.8. The predicted octanol–water partition coefficient (Wildman–Crippen LogP) is 3.64. The van der Waals surface area contributed by atoms with Gasteiger partial charge in [0, 0.05) is 12.1 Å². The molecule has 0 radical (unpaired) electrons. The summed E-state index contributed by atoms with van der Waals surface area (Å²) in [6, 6.07) is 8.26. The molecule has 1 aliphatic rings. The Bertz CT molecular complexity index is 724. The maximum absolute atomic E-state index is 12.0. The highest BCUT2D eigenvalue weighted by Crippen LogP contribution is 2.22. The zero-order chi connectivity index (χ0) is 18.5. The maximum Gasteiger partial charge on any atom is 0.310 e. The topological polar surface area (TPSA) is 68.5 Å². The maximum atomic E-state index is 12.0. The molecule has 0 spiro atoms. The lowest BCUT2D eigenvalue weighted by atomic mass is 9.98. The molecular weight excluding hydrogens is 330 g/mol. The summed E-state index contributed by atoms with van der Waals surface area (Å²) < 4.78 is 10.6. The van der Waals surface area contributed by atoms with Gasteiger partial charge in [0.15, 0.2) is 0 Å². The van der Waals surface area contributed by atoms with Crippen LogP contribution in [-0.4, -0.2) is 40.7 Å². The second kappa shape index (κ2) is 8.45. The van der Waals surface area contributed by atoms with Crippen molar-refractivity contribution in [2.45, 2.75) is 46.1 Å². The highest BCUT2D eigenvalue weighted by molar-refractivity contribution is 5.72. The van der Waals surface area contributed by atoms with Crippen LogP contribution in [0.1, 0.15) is 51.0 Å². The van der Waals surface area contributed by atoms with Crippen molar-refractivity contribution in [3.63, 3.8) is 0 Å². The number of nitrogens with zero attached hydrogens (tertiary/aromatic N) is 3. The summed E-state index contributed by atoms with van der Waals surface area (Å²) in [5.41, 5.74) is 2.24. The van der Waals surface area contributed by atoms with Crippen LogP contribution in [0.25, 0.3) is 11.4 Å². The molecule has 6 nitrogen and oxygen atoms in total. The molecule has 3 rings (SSSR count). The number of benzene rings is 1. The summed E-state index contributed by atoms with van der Waals surface area (Å²) >= 11 is 0. The summed E-state index contributed by atoms with van der Waals surface area (Å²) in [5.74, 6) is 1.52. The molecule has 1 saturated heterocycles. The van der Waals surface area contributed by atoms with Gasteiger partial charge in [0.1, 0.15) is 0 Å². The first-order valence-corrected chi connectivity index (χ1v) is 9.38. The van der Waals surface area contributed by atoms with E-state index in [9.17, 15) is 4.79 Å². The minimum Gasteiger partial charge on any atom is -0.466 e. The summed E-state index contributed by atoms with van der Waals surface area (Å²) in [6.07, 6.45) is 1.85. The van der Waals surface area contributed by atoms with Gasteiger partial charge in [-0.15, -0.1) is 0 Å². The zero-order valence-corrected chi connectivity index (χ0v) is 15.8. The average Bonchev–Trinajstić information content (AvgIpc) is 3.10. The Morgan fingerprint density at radius 2 is 2.12 bits per heavy atom. The highest BCUT2D eigenvalue weighted by atomic mass is 16.5. The third-order valence-electron chi connectivity index (χ3n) is 4.79. The standard InChI is InChI=1S/C20H27N3O3/c1-4-25-20(24)17-6-5-11-23(12-17)13-18-21-19(22-26-18)16-9-7-15(8-10-16)14(2)3/h7-10,14,17H,4-6,11-13H2,1-3H3. The van der Waals surface area contributed by atoms with Gasteiger partial charge in [0.05, 0.1) is 19.1 Å². The number of ether oxygens (including phenoxy) is 1. The number of carbonyl (C=O) groups excluding carboxylic acids is 1. The number of piperidine rings is 1. The predicted molar refractivity (Wildman–Crippen MR) is 98.5 cm³/mol. The molecule has 140 valence electrons. The molecule has 1 atom stereocenters. The van der Waals surface area contributed by atoms with Crippen LogP contribution in [0, 0.1) is 5.92 Å². The van der Waals surface area contributed by atoms with Crippen molar-refractivity contribution in [2.75, 3.05) is 19.7 Å². The molecule has 0 bridgehead atoms. The first-order chi connectivity index (χ1) is 12.6. The molecule has 1 aromatic heterocycles. The van der Waals surface area contributed by atoms with Crippen molar-refractivity contribution >= 4 is 5.97 Å². The van der Waals surface area contributed by atoms with E-state index in [0.29, 0.717) is 37.3 Å². The minimum absolute atomic E-state index is 0.0605. The lowest BCUT2D eigenvalue weighted by Gasteiger charge is -2.30. The van der Waals surface area contributed by atoms with Crippen LogP contribution in [0.2, 0.25) is 0 Å². The van der Waals surface area contributed by atoms with E-state index in [-0.39, 0.29) is 11.9 Å². The van der Waals surface area contributed by atoms with Gasteiger partial charge >= 0.3 is 5.97 Å². The van der Waals surface area contributed by atoms with Crippen LogP contribution in [-0.2, 0) is 16.1 Å². The lowest BCUT2D eigenvalue weighted by Crippen LogP contribution is -2.39. The van der Waals surface area contributed by atoms with E-state index >= 15 is 0 Å². The minimum atomic E-state index is -0.103. The van der Waals surface area contributed by atoms with Gasteiger partial charge in [0.25, 0.3) is 0 Å². The largest absolute Gasteiger partial charge is 0.466 e. The van der Waals surface area contributed by atoms with E-state index in [4.69, 9.17) is 9.26 Å². The molecule has 26 heavy (non-hydrogen) atoms. The van der Waals surface area contributed by atoms with Gasteiger partial charge in [-0.05, 0) is 37.8 Å². The highest BCUT2D eigenvalue weighted by Gasteiger charge is 2.27. The Morgan fingerprint density at radius 1 is 1.35 bits per heavy atom. The average molecular weight is 357 g/mol. The number of likely N-dealkylation sites (tertiary alicyclic amines) is 1. The number of carbonyl (C=O) groups is 1. The van der Waals surface area contributed by atoms with Crippen LogP contribution in [0.5, 0.6) is 0 Å². The number of esters is 1. The van der Waals surface area contributed by atoms with Gasteiger partial charge in [-0.25, -0.2) is 0 Å². The lowest BCUT2D eigenvalue weighted by molar-refractivity contribution is -0.150. The molecule has 0 saturated carbocycles. The Labute approximate surface area is 154 Å². The Kier molecular flexibility index (Phi) is 6.04. The van der Waals surface area contributed by atoms with Crippen LogP contribution >= 0.6 is 0 Å². The Balaban J connectivity index is 1.62. The molecule has 1 unspecified atom stereocenters. The van der Waals surface area contributed by atoms with Gasteiger partial charge in [-0.1, -0.05) is 43.3 Å². The van der Waals surface area contributed by atoms with Gasteiger partial charge in [-0.3, -0.25) is 9.69 Å². The third-order valence-corrected chi connectivity index (χ3v) is 4.79. The van der Waals surface area contributed by atoms with Crippen LogP contribution in [0.3, 0.4) is 0 Å². The molecule has 2 heterocycles. The normalized spacial score (nSPS) is 18.2. The monoisotopic (exact) mass is 357 g/mol. The first-order valence-electron chi connectivity index (χ1n) is 9.38. The fourth-order valence-electron chi connectivity index (χ4n) is 3.30. The van der Waals surface area contributed by atoms with E-state index in [2.05, 4.69) is 41.0 Å². The molecular formula is C20H27N3O3. The summed E-state index contributed by atoms with van der Waals surface area (Å²) in [7, 11) is 0. The van der Waals surface area contributed by atoms with Crippen molar-refractivity contribution in [2.24, 2.45) is 5.92 Å². The molecule has 1 fully saturated rings. The second-order valence-corrected chi connectivity index (χ2v) is 7.11. The van der Waals surface area contributed by atoms with Crippen molar-refractivity contribution in [3.8, 4) is 11.4 Å². The fourth-order valence-corrected chi connectivity index (χ4v) is 3.30. The summed E-state index contributed by atoms with van der Waals surface area (Å²) in [5, 5.41) is 4.11. The molecule has 6 heteroatoms. The van der Waals surface area contributed by atoms with Crippen molar-refractivity contribution in [3.05, 3.63) is 35.7 Å².